The SMILES string of the molecule is CNC(=O)CCSc1ccc(OC)cc1. The standard InChI is InChI=1S/C11H15NO2S/c1-12-11(13)7-8-15-10-5-3-9(14-2)4-6-10/h3-6H,7-8H2,1-2H3,(H,12,13). The van der Waals surface area contributed by atoms with E-state index in [9.17, 15) is 4.79 Å². The first kappa shape index (κ1) is 11.9. The van der Waals surface area contributed by atoms with Crippen LogP contribution in [0, 0.1) is 0 Å². The molecule has 0 unspecified atom stereocenters. The maximum Gasteiger partial charge on any atom is 0.220 e. The predicted molar refractivity (Wildman–Crippen MR) is 62.4 cm³/mol. The number of rotatable bonds is 5. The number of amides is 1. The molecule has 1 N–H and O–H groups in total. The van der Waals surface area contributed by atoms with Crippen molar-refractivity contribution in [2.75, 3.05) is 19.9 Å². The van der Waals surface area contributed by atoms with Gasteiger partial charge in [-0.2, -0.15) is 0 Å². The molecule has 1 aromatic rings. The summed E-state index contributed by atoms with van der Waals surface area (Å²) in [5, 5.41) is 2.60. The van der Waals surface area contributed by atoms with Gasteiger partial charge in [0.15, 0.2) is 0 Å². The quantitative estimate of drug-likeness (QED) is 0.778. The third-order valence-corrected chi connectivity index (χ3v) is 2.95. The number of hydrogen-bond acceptors (Lipinski definition) is 3. The van der Waals surface area contributed by atoms with Gasteiger partial charge in [0, 0.05) is 24.1 Å². The van der Waals surface area contributed by atoms with E-state index in [1.807, 2.05) is 24.3 Å². The molecule has 3 nitrogen and oxygen atoms in total. The van der Waals surface area contributed by atoms with Gasteiger partial charge in [0.05, 0.1) is 7.11 Å². The summed E-state index contributed by atoms with van der Waals surface area (Å²) in [7, 11) is 3.30. The van der Waals surface area contributed by atoms with Crippen molar-refractivity contribution in [3.05, 3.63) is 24.3 Å². The number of carbonyl (C=O) groups is 1. The maximum atomic E-state index is 11.0. The van der Waals surface area contributed by atoms with Crippen molar-refractivity contribution < 1.29 is 9.53 Å². The normalized spacial score (nSPS) is 9.73. The van der Waals surface area contributed by atoms with Crippen LogP contribution in [-0.2, 0) is 4.79 Å². The molecule has 0 fully saturated rings. The number of thioether (sulfide) groups is 1. The summed E-state index contributed by atoms with van der Waals surface area (Å²) in [5.74, 6) is 1.73. The van der Waals surface area contributed by atoms with Crippen LogP contribution in [0.15, 0.2) is 29.2 Å². The molecule has 0 bridgehead atoms. The van der Waals surface area contributed by atoms with Gasteiger partial charge in [0.2, 0.25) is 5.91 Å². The second kappa shape index (κ2) is 6.35. The van der Waals surface area contributed by atoms with Crippen LogP contribution >= 0.6 is 11.8 Å². The Morgan fingerprint density at radius 1 is 1.40 bits per heavy atom. The highest BCUT2D eigenvalue weighted by Gasteiger charge is 1.99. The predicted octanol–water partition coefficient (Wildman–Crippen LogP) is 1.92. The molecule has 1 amide bonds. The van der Waals surface area contributed by atoms with Crippen molar-refractivity contribution in [2.24, 2.45) is 0 Å². The van der Waals surface area contributed by atoms with Gasteiger partial charge in [0.1, 0.15) is 5.75 Å². The molecule has 0 aliphatic rings. The average molecular weight is 225 g/mol. The Kier molecular flexibility index (Phi) is 5.04. The summed E-state index contributed by atoms with van der Waals surface area (Å²) in [6.45, 7) is 0. The number of hydrogen-bond donors (Lipinski definition) is 1. The molecule has 15 heavy (non-hydrogen) atoms. The lowest BCUT2D eigenvalue weighted by atomic mass is 10.3. The van der Waals surface area contributed by atoms with Crippen LogP contribution in [0.4, 0.5) is 0 Å². The lowest BCUT2D eigenvalue weighted by molar-refractivity contribution is -0.120. The first-order chi connectivity index (χ1) is 7.26. The molecule has 1 rings (SSSR count). The molecule has 0 saturated carbocycles. The van der Waals surface area contributed by atoms with E-state index in [4.69, 9.17) is 4.74 Å². The van der Waals surface area contributed by atoms with Gasteiger partial charge in [-0.05, 0) is 24.3 Å². The van der Waals surface area contributed by atoms with Crippen LogP contribution in [0.2, 0.25) is 0 Å². The minimum absolute atomic E-state index is 0.0796. The molecule has 0 heterocycles. The Labute approximate surface area is 94.2 Å². The molecule has 0 radical (unpaired) electrons. The zero-order valence-electron chi connectivity index (χ0n) is 8.95. The third kappa shape index (κ3) is 4.25. The molecule has 0 spiro atoms. The van der Waals surface area contributed by atoms with E-state index in [1.54, 1.807) is 25.9 Å². The first-order valence-corrected chi connectivity index (χ1v) is 5.72. The van der Waals surface area contributed by atoms with Gasteiger partial charge in [0.25, 0.3) is 0 Å². The maximum absolute atomic E-state index is 11.0. The summed E-state index contributed by atoms with van der Waals surface area (Å²) in [4.78, 5) is 12.1. The van der Waals surface area contributed by atoms with Crippen LogP contribution in [0.5, 0.6) is 5.75 Å². The van der Waals surface area contributed by atoms with Crippen molar-refractivity contribution in [3.63, 3.8) is 0 Å². The molecule has 0 aliphatic carbocycles. The number of nitrogens with one attached hydrogen (secondary N) is 1. The summed E-state index contributed by atoms with van der Waals surface area (Å²) < 4.78 is 5.06. The highest BCUT2D eigenvalue weighted by molar-refractivity contribution is 7.99. The minimum Gasteiger partial charge on any atom is -0.497 e. The van der Waals surface area contributed by atoms with Crippen LogP contribution < -0.4 is 10.1 Å². The lowest BCUT2D eigenvalue weighted by Gasteiger charge is -2.03. The number of benzene rings is 1. The van der Waals surface area contributed by atoms with Gasteiger partial charge >= 0.3 is 0 Å². The van der Waals surface area contributed by atoms with Crippen LogP contribution in [0.25, 0.3) is 0 Å². The topological polar surface area (TPSA) is 38.3 Å². The van der Waals surface area contributed by atoms with E-state index in [0.29, 0.717) is 6.42 Å². The monoisotopic (exact) mass is 225 g/mol. The molecule has 82 valence electrons. The van der Waals surface area contributed by atoms with Crippen molar-refractivity contribution in [3.8, 4) is 5.75 Å². The van der Waals surface area contributed by atoms with Crippen molar-refractivity contribution in [1.29, 1.82) is 0 Å². The summed E-state index contributed by atoms with van der Waals surface area (Å²) in [6, 6.07) is 7.82. The molecular formula is C11H15NO2S. The van der Waals surface area contributed by atoms with Gasteiger partial charge < -0.3 is 10.1 Å². The zero-order valence-corrected chi connectivity index (χ0v) is 9.76. The highest BCUT2D eigenvalue weighted by Crippen LogP contribution is 2.21. The Hall–Kier alpha value is -1.16. The van der Waals surface area contributed by atoms with Crippen molar-refractivity contribution >= 4 is 17.7 Å². The van der Waals surface area contributed by atoms with Gasteiger partial charge in [-0.3, -0.25) is 4.79 Å². The van der Waals surface area contributed by atoms with Crippen LogP contribution in [-0.4, -0.2) is 25.8 Å². The Bertz CT molecular complexity index is 311. The average Bonchev–Trinajstić information content (AvgIpc) is 2.29. The van der Waals surface area contributed by atoms with E-state index in [1.165, 1.54) is 0 Å². The van der Waals surface area contributed by atoms with E-state index in [-0.39, 0.29) is 5.91 Å². The molecule has 0 aromatic heterocycles. The molecule has 4 heteroatoms. The lowest BCUT2D eigenvalue weighted by Crippen LogP contribution is -2.17. The minimum atomic E-state index is 0.0796. The fourth-order valence-corrected chi connectivity index (χ4v) is 1.91. The van der Waals surface area contributed by atoms with E-state index < -0.39 is 0 Å². The Morgan fingerprint density at radius 2 is 2.07 bits per heavy atom. The first-order valence-electron chi connectivity index (χ1n) is 4.73. The van der Waals surface area contributed by atoms with Gasteiger partial charge in [-0.1, -0.05) is 0 Å². The van der Waals surface area contributed by atoms with E-state index in [2.05, 4.69) is 5.32 Å². The highest BCUT2D eigenvalue weighted by atomic mass is 32.2. The molecule has 0 atom stereocenters. The fourth-order valence-electron chi connectivity index (χ4n) is 1.06. The largest absolute Gasteiger partial charge is 0.497 e. The Balaban J connectivity index is 2.34. The zero-order chi connectivity index (χ0) is 11.1. The molecule has 0 aliphatic heterocycles. The van der Waals surface area contributed by atoms with Gasteiger partial charge in [-0.25, -0.2) is 0 Å². The molecule has 0 saturated heterocycles. The molecule has 1 aromatic carbocycles. The van der Waals surface area contributed by atoms with Crippen molar-refractivity contribution in [2.45, 2.75) is 11.3 Å². The van der Waals surface area contributed by atoms with Gasteiger partial charge in [-0.15, -0.1) is 11.8 Å². The number of carbonyl (C=O) groups excluding carboxylic acids is 1. The number of ether oxygens (including phenoxy) is 1. The van der Waals surface area contributed by atoms with E-state index in [0.717, 1.165) is 16.4 Å². The second-order valence-corrected chi connectivity index (χ2v) is 4.12. The fraction of sp³-hybridized carbons (Fsp3) is 0.364. The van der Waals surface area contributed by atoms with E-state index >= 15 is 0 Å². The summed E-state index contributed by atoms with van der Waals surface area (Å²) in [6.07, 6.45) is 0.549. The van der Waals surface area contributed by atoms with Crippen molar-refractivity contribution in [1.82, 2.24) is 5.32 Å². The Morgan fingerprint density at radius 3 is 2.60 bits per heavy atom. The van der Waals surface area contributed by atoms with Crippen LogP contribution in [0.3, 0.4) is 0 Å². The summed E-state index contributed by atoms with van der Waals surface area (Å²) >= 11 is 1.67. The number of methoxy groups -OCH3 is 1. The summed E-state index contributed by atoms with van der Waals surface area (Å²) in [5.41, 5.74) is 0. The van der Waals surface area contributed by atoms with Crippen LogP contribution in [0.1, 0.15) is 6.42 Å². The second-order valence-electron chi connectivity index (χ2n) is 2.95. The smallest absolute Gasteiger partial charge is 0.220 e. The third-order valence-electron chi connectivity index (χ3n) is 1.94. The molecular weight excluding hydrogens is 210 g/mol.